The van der Waals surface area contributed by atoms with Gasteiger partial charge in [-0.25, -0.2) is 4.79 Å². The highest BCUT2D eigenvalue weighted by atomic mass is 32.2. The fraction of sp³-hybridized carbons (Fsp3) is 0.590. The van der Waals surface area contributed by atoms with Gasteiger partial charge in [0, 0.05) is 24.6 Å². The van der Waals surface area contributed by atoms with Crippen LogP contribution in [-0.4, -0.2) is 77.4 Å². The number of Topliss-reactive ketones (excluding diaryl/α,β-unsaturated/α-hetero) is 1. The number of anilines is 1. The Bertz CT molecular complexity index is 1450. The number of nitrogens with one attached hydrogen (secondary N) is 2. The molecule has 1 aliphatic rings. The van der Waals surface area contributed by atoms with Crippen molar-refractivity contribution in [3.63, 3.8) is 0 Å². The van der Waals surface area contributed by atoms with Crippen molar-refractivity contribution in [3.8, 4) is 0 Å². The Morgan fingerprint density at radius 2 is 1.61 bits per heavy atom. The summed E-state index contributed by atoms with van der Waals surface area (Å²) in [6.07, 6.45) is 0.599. The van der Waals surface area contributed by atoms with E-state index in [-0.39, 0.29) is 25.3 Å². The van der Waals surface area contributed by atoms with Gasteiger partial charge in [0.05, 0.1) is 24.8 Å². The molecular weight excluding hydrogens is 669 g/mol. The molecule has 5 atom stereocenters. The Morgan fingerprint density at radius 1 is 1.00 bits per heavy atom. The van der Waals surface area contributed by atoms with Gasteiger partial charge in [-0.15, -0.1) is 0 Å². The van der Waals surface area contributed by atoms with Crippen molar-refractivity contribution in [2.75, 3.05) is 23.5 Å². The van der Waals surface area contributed by atoms with Crippen LogP contribution in [0.3, 0.4) is 0 Å². The average Bonchev–Trinajstić information content (AvgIpc) is 3.05. The van der Waals surface area contributed by atoms with Gasteiger partial charge in [0.25, 0.3) is 5.91 Å². The number of amides is 3. The Hall–Kier alpha value is -3.45. The molecular formula is C39H58N4O7S. The van der Waals surface area contributed by atoms with E-state index >= 15 is 9.59 Å². The predicted octanol–water partition coefficient (Wildman–Crippen LogP) is 5.84. The predicted molar refractivity (Wildman–Crippen MR) is 202 cm³/mol. The van der Waals surface area contributed by atoms with Gasteiger partial charge in [0.2, 0.25) is 5.91 Å². The zero-order valence-electron chi connectivity index (χ0n) is 31.7. The first-order valence-electron chi connectivity index (χ1n) is 17.7. The Morgan fingerprint density at radius 3 is 2.16 bits per heavy atom. The number of hydrogen-bond donors (Lipinski definition) is 3. The molecule has 0 bridgehead atoms. The number of thioether (sulfide) groups is 1. The molecule has 2 aromatic carbocycles. The van der Waals surface area contributed by atoms with E-state index < -0.39 is 71.3 Å². The molecule has 1 saturated heterocycles. The van der Waals surface area contributed by atoms with E-state index in [0.29, 0.717) is 17.9 Å². The number of ketones is 1. The maximum Gasteiger partial charge on any atom is 0.408 e. The van der Waals surface area contributed by atoms with Crippen molar-refractivity contribution >= 4 is 41.1 Å². The monoisotopic (exact) mass is 726 g/mol. The number of para-hydroxylation sites is 1. The van der Waals surface area contributed by atoms with E-state index in [1.165, 1.54) is 16.7 Å². The van der Waals surface area contributed by atoms with Crippen molar-refractivity contribution in [1.29, 1.82) is 0 Å². The molecule has 3 amide bonds. The number of rotatable bonds is 16. The quantitative estimate of drug-likeness (QED) is 0.181. The highest BCUT2D eigenvalue weighted by Gasteiger charge is 2.59. The van der Waals surface area contributed by atoms with Crippen LogP contribution in [0.4, 0.5) is 10.5 Å². The molecule has 3 rings (SSSR count). The number of ether oxygens (including phenoxy) is 3. The van der Waals surface area contributed by atoms with Crippen LogP contribution in [-0.2, 0) is 35.1 Å². The van der Waals surface area contributed by atoms with Gasteiger partial charge in [-0.1, -0.05) is 62.4 Å². The second-order valence-electron chi connectivity index (χ2n) is 15.0. The maximum absolute atomic E-state index is 15.2. The van der Waals surface area contributed by atoms with Gasteiger partial charge in [0.15, 0.2) is 17.1 Å². The van der Waals surface area contributed by atoms with E-state index in [1.54, 1.807) is 65.0 Å². The molecule has 1 aliphatic heterocycles. The van der Waals surface area contributed by atoms with Crippen LogP contribution in [0.15, 0.2) is 60.7 Å². The van der Waals surface area contributed by atoms with E-state index in [9.17, 15) is 9.59 Å². The maximum atomic E-state index is 15.2. The summed E-state index contributed by atoms with van der Waals surface area (Å²) in [5, 5.41) is 6.00. The SMILES string of the molecule is CSCC(C[C@H]1OC(C)(C)O[C@H](C)[C@@H]1NC(=O)OC(C)(C)C)[C@@](C(=O)CCC(C)C)(C(=O)NCc1ccccc1)N(C(=O)CN)c1ccccc1. The van der Waals surface area contributed by atoms with Gasteiger partial charge in [-0.3, -0.25) is 19.3 Å². The first kappa shape index (κ1) is 42.0. The van der Waals surface area contributed by atoms with Crippen LogP contribution in [0.5, 0.6) is 0 Å². The summed E-state index contributed by atoms with van der Waals surface area (Å²) in [7, 11) is 0. The van der Waals surface area contributed by atoms with Gasteiger partial charge in [-0.2, -0.15) is 11.8 Å². The third kappa shape index (κ3) is 11.3. The summed E-state index contributed by atoms with van der Waals surface area (Å²) in [5.74, 6) is -3.02. The first-order valence-corrected chi connectivity index (χ1v) is 19.1. The van der Waals surface area contributed by atoms with Crippen LogP contribution >= 0.6 is 11.8 Å². The average molecular weight is 727 g/mol. The van der Waals surface area contributed by atoms with E-state index in [4.69, 9.17) is 19.9 Å². The molecule has 11 nitrogen and oxygen atoms in total. The molecule has 12 heteroatoms. The van der Waals surface area contributed by atoms with Crippen molar-refractivity contribution in [3.05, 3.63) is 66.2 Å². The minimum absolute atomic E-state index is 0.0403. The number of benzene rings is 2. The Labute approximate surface area is 308 Å². The number of carbonyl (C=O) groups is 4. The fourth-order valence-electron chi connectivity index (χ4n) is 6.66. The third-order valence-corrected chi connectivity index (χ3v) is 9.51. The summed E-state index contributed by atoms with van der Waals surface area (Å²) in [5.41, 5.74) is 4.49. The molecule has 2 aromatic rings. The number of nitrogens with zero attached hydrogens (tertiary/aromatic N) is 1. The van der Waals surface area contributed by atoms with Gasteiger partial charge in [0.1, 0.15) is 5.60 Å². The molecule has 1 unspecified atom stereocenters. The lowest BCUT2D eigenvalue weighted by Gasteiger charge is -2.50. The normalized spacial score (nSPS) is 20.5. The number of alkyl carbamates (subject to hydrolysis) is 1. The topological polar surface area (TPSA) is 149 Å². The molecule has 51 heavy (non-hydrogen) atoms. The van der Waals surface area contributed by atoms with Crippen LogP contribution in [0.1, 0.15) is 80.2 Å². The molecule has 0 aliphatic carbocycles. The van der Waals surface area contributed by atoms with E-state index in [0.717, 1.165) is 5.56 Å². The third-order valence-electron chi connectivity index (χ3n) is 8.78. The van der Waals surface area contributed by atoms with Crippen molar-refractivity contribution in [1.82, 2.24) is 10.6 Å². The van der Waals surface area contributed by atoms with Crippen LogP contribution in [0.25, 0.3) is 0 Å². The molecule has 0 saturated carbocycles. The highest BCUT2D eigenvalue weighted by Crippen LogP contribution is 2.41. The first-order chi connectivity index (χ1) is 23.9. The Balaban J connectivity index is 2.30. The summed E-state index contributed by atoms with van der Waals surface area (Å²) in [6, 6.07) is 17.4. The second-order valence-corrected chi connectivity index (χ2v) is 15.9. The summed E-state index contributed by atoms with van der Waals surface area (Å²) in [6.45, 7) is 14.4. The number of hydrogen-bond acceptors (Lipinski definition) is 9. The second kappa shape index (κ2) is 18.3. The van der Waals surface area contributed by atoms with Gasteiger partial charge >= 0.3 is 6.09 Å². The lowest BCUT2D eigenvalue weighted by atomic mass is 9.72. The van der Waals surface area contributed by atoms with Crippen LogP contribution in [0.2, 0.25) is 0 Å². The standard InChI is InChI=1S/C39H58N4O7S/c1-26(2)20-21-32(44)39(35(46)41-24-28-16-12-10-13-17-28,43(33(45)23-40)30-18-14-11-15-19-30)29(25-51-9)22-31-34(27(3)48-38(7,8)49-31)42-36(47)50-37(4,5)6/h10-19,26-27,29,31,34H,20-25,40H2,1-9H3,(H,41,46)(H,42,47)/t27-,29?,31-,34+,39-/m1/s1. The fourth-order valence-corrected chi connectivity index (χ4v) is 7.44. The zero-order valence-corrected chi connectivity index (χ0v) is 32.5. The molecule has 1 heterocycles. The van der Waals surface area contributed by atoms with E-state index in [1.807, 2.05) is 57.4 Å². The molecule has 1 fully saturated rings. The molecule has 0 spiro atoms. The van der Waals surface area contributed by atoms with Gasteiger partial charge in [-0.05, 0) is 90.0 Å². The highest BCUT2D eigenvalue weighted by molar-refractivity contribution is 7.98. The van der Waals surface area contributed by atoms with Crippen molar-refractivity contribution in [2.24, 2.45) is 17.6 Å². The minimum Gasteiger partial charge on any atom is -0.444 e. The summed E-state index contributed by atoms with van der Waals surface area (Å²) < 4.78 is 18.3. The van der Waals surface area contributed by atoms with Crippen molar-refractivity contribution in [2.45, 2.75) is 116 Å². The van der Waals surface area contributed by atoms with Crippen LogP contribution in [0, 0.1) is 11.8 Å². The zero-order chi connectivity index (χ0) is 38.0. The molecule has 0 radical (unpaired) electrons. The number of carbonyl (C=O) groups excluding carboxylic acids is 4. The summed E-state index contributed by atoms with van der Waals surface area (Å²) in [4.78, 5) is 59.1. The molecule has 282 valence electrons. The smallest absolute Gasteiger partial charge is 0.408 e. The number of nitrogens with two attached hydrogens (primary N) is 1. The Kier molecular flexibility index (Phi) is 15.1. The minimum atomic E-state index is -2.05. The molecule has 0 aromatic heterocycles. The lowest BCUT2D eigenvalue weighted by Crippen LogP contribution is -2.71. The van der Waals surface area contributed by atoms with E-state index in [2.05, 4.69) is 10.6 Å². The summed E-state index contributed by atoms with van der Waals surface area (Å²) >= 11 is 1.45. The lowest BCUT2D eigenvalue weighted by molar-refractivity contribution is -0.307. The largest absolute Gasteiger partial charge is 0.444 e. The van der Waals surface area contributed by atoms with Crippen molar-refractivity contribution < 1.29 is 33.4 Å². The molecule has 4 N–H and O–H groups in total. The van der Waals surface area contributed by atoms with Gasteiger partial charge < -0.3 is 30.6 Å². The van der Waals surface area contributed by atoms with Crippen LogP contribution < -0.4 is 21.3 Å².